The minimum absolute atomic E-state index is 0.267. The van der Waals surface area contributed by atoms with Crippen molar-refractivity contribution in [1.29, 1.82) is 0 Å². The van der Waals surface area contributed by atoms with E-state index in [1.54, 1.807) is 49.4 Å². The number of hydrogen-bond acceptors (Lipinski definition) is 4. The first-order chi connectivity index (χ1) is 11.0. The zero-order valence-electron chi connectivity index (χ0n) is 12.6. The summed E-state index contributed by atoms with van der Waals surface area (Å²) >= 11 is 0. The van der Waals surface area contributed by atoms with Crippen molar-refractivity contribution in [2.75, 3.05) is 5.32 Å². The summed E-state index contributed by atoms with van der Waals surface area (Å²) in [4.78, 5) is 24.1. The maximum Gasteiger partial charge on any atom is 0.488 e. The number of hydrogen-bond donors (Lipinski definition) is 4. The molecule has 2 amide bonds. The molecule has 2 aromatic rings. The third kappa shape index (κ3) is 4.67. The predicted molar refractivity (Wildman–Crippen MR) is 88.3 cm³/mol. The Morgan fingerprint density at radius 1 is 1.04 bits per heavy atom. The van der Waals surface area contributed by atoms with Gasteiger partial charge in [-0.15, -0.1) is 0 Å². The van der Waals surface area contributed by atoms with Crippen LogP contribution < -0.4 is 16.1 Å². The third-order valence-corrected chi connectivity index (χ3v) is 3.23. The molecule has 2 aromatic carbocycles. The largest absolute Gasteiger partial charge is 0.488 e. The quantitative estimate of drug-likeness (QED) is 0.590. The van der Waals surface area contributed by atoms with Gasteiger partial charge in [0.05, 0.1) is 0 Å². The van der Waals surface area contributed by atoms with Gasteiger partial charge in [-0.25, -0.2) is 0 Å². The van der Waals surface area contributed by atoms with Crippen molar-refractivity contribution in [2.24, 2.45) is 0 Å². The summed E-state index contributed by atoms with van der Waals surface area (Å²) in [5.74, 6) is -0.744. The zero-order chi connectivity index (χ0) is 16.8. The molecular weight excluding hydrogens is 295 g/mol. The molecule has 0 spiro atoms. The van der Waals surface area contributed by atoms with Crippen molar-refractivity contribution in [3.8, 4) is 0 Å². The summed E-state index contributed by atoms with van der Waals surface area (Å²) in [6, 6.07) is 14.1. The Labute approximate surface area is 134 Å². The van der Waals surface area contributed by atoms with E-state index in [4.69, 9.17) is 10.0 Å². The van der Waals surface area contributed by atoms with Crippen LogP contribution >= 0.6 is 0 Å². The molecule has 23 heavy (non-hydrogen) atoms. The number of amides is 2. The second-order valence-corrected chi connectivity index (χ2v) is 5.05. The van der Waals surface area contributed by atoms with E-state index in [-0.39, 0.29) is 11.4 Å². The van der Waals surface area contributed by atoms with Crippen molar-refractivity contribution in [3.05, 3.63) is 60.2 Å². The molecule has 0 aromatic heterocycles. The van der Waals surface area contributed by atoms with Crippen LogP contribution in [0.1, 0.15) is 17.3 Å². The number of benzene rings is 2. The lowest BCUT2D eigenvalue weighted by molar-refractivity contribution is -0.117. The third-order valence-electron chi connectivity index (χ3n) is 3.23. The Balaban J connectivity index is 1.97. The van der Waals surface area contributed by atoms with Gasteiger partial charge < -0.3 is 20.7 Å². The van der Waals surface area contributed by atoms with Crippen LogP contribution in [0.2, 0.25) is 0 Å². The van der Waals surface area contributed by atoms with Crippen LogP contribution in [0.4, 0.5) is 5.69 Å². The summed E-state index contributed by atoms with van der Waals surface area (Å²) < 4.78 is 0. The van der Waals surface area contributed by atoms with Gasteiger partial charge >= 0.3 is 7.12 Å². The van der Waals surface area contributed by atoms with E-state index in [1.807, 2.05) is 0 Å². The molecule has 0 fully saturated rings. The molecule has 0 saturated carbocycles. The Morgan fingerprint density at radius 2 is 1.74 bits per heavy atom. The minimum atomic E-state index is -1.61. The van der Waals surface area contributed by atoms with Gasteiger partial charge in [-0.1, -0.05) is 30.3 Å². The number of carbonyl (C=O) groups excluding carboxylic acids is 2. The van der Waals surface area contributed by atoms with Crippen molar-refractivity contribution in [3.63, 3.8) is 0 Å². The Bertz CT molecular complexity index is 691. The molecule has 0 aliphatic heterocycles. The van der Waals surface area contributed by atoms with Crippen LogP contribution in [0, 0.1) is 0 Å². The van der Waals surface area contributed by atoms with E-state index in [9.17, 15) is 9.59 Å². The van der Waals surface area contributed by atoms with Crippen LogP contribution in [-0.4, -0.2) is 35.0 Å². The SMILES string of the molecule is C[C@H](NC(=O)c1ccccc1)C(=O)Nc1cccc(B(O)O)c1. The highest BCUT2D eigenvalue weighted by Gasteiger charge is 2.17. The molecule has 0 radical (unpaired) electrons. The summed E-state index contributed by atoms with van der Waals surface area (Å²) in [7, 11) is -1.61. The first-order valence-electron chi connectivity index (χ1n) is 7.10. The fraction of sp³-hybridized carbons (Fsp3) is 0.125. The van der Waals surface area contributed by atoms with Crippen LogP contribution in [0.15, 0.2) is 54.6 Å². The van der Waals surface area contributed by atoms with Crippen LogP contribution in [0.25, 0.3) is 0 Å². The highest BCUT2D eigenvalue weighted by atomic mass is 16.4. The van der Waals surface area contributed by atoms with Gasteiger partial charge in [0.1, 0.15) is 6.04 Å². The summed E-state index contributed by atoms with van der Waals surface area (Å²) in [5.41, 5.74) is 1.16. The lowest BCUT2D eigenvalue weighted by atomic mass is 9.80. The standard InChI is InChI=1S/C16H17BN2O4/c1-11(18-16(21)12-6-3-2-4-7-12)15(20)19-14-9-5-8-13(10-14)17(22)23/h2-11,22-23H,1H3,(H,18,21)(H,19,20)/t11-/m0/s1. The van der Waals surface area contributed by atoms with Gasteiger partial charge in [-0.3, -0.25) is 9.59 Å². The number of carbonyl (C=O) groups is 2. The molecule has 0 bridgehead atoms. The van der Waals surface area contributed by atoms with Gasteiger partial charge in [0.15, 0.2) is 0 Å². The summed E-state index contributed by atoms with van der Waals surface area (Å²) in [6.45, 7) is 1.57. The molecule has 0 aliphatic carbocycles. The number of rotatable bonds is 5. The molecule has 1 atom stereocenters. The van der Waals surface area contributed by atoms with Crippen LogP contribution in [0.3, 0.4) is 0 Å². The van der Waals surface area contributed by atoms with Crippen molar-refractivity contribution < 1.29 is 19.6 Å². The summed E-state index contributed by atoms with van der Waals surface area (Å²) in [6.07, 6.45) is 0. The van der Waals surface area contributed by atoms with E-state index in [0.717, 1.165) is 0 Å². The van der Waals surface area contributed by atoms with Crippen molar-refractivity contribution >= 4 is 30.1 Å². The maximum atomic E-state index is 12.1. The van der Waals surface area contributed by atoms with Crippen LogP contribution in [0.5, 0.6) is 0 Å². The molecule has 2 rings (SSSR count). The Kier molecular flexibility index (Phi) is 5.51. The van der Waals surface area contributed by atoms with Gasteiger partial charge in [-0.2, -0.15) is 0 Å². The number of anilines is 1. The zero-order valence-corrected chi connectivity index (χ0v) is 12.6. The topological polar surface area (TPSA) is 98.7 Å². The first-order valence-corrected chi connectivity index (χ1v) is 7.10. The van der Waals surface area contributed by atoms with E-state index < -0.39 is 19.1 Å². The first kappa shape index (κ1) is 16.7. The molecule has 0 aliphatic rings. The minimum Gasteiger partial charge on any atom is -0.423 e. The Morgan fingerprint density at radius 3 is 2.39 bits per heavy atom. The molecule has 4 N–H and O–H groups in total. The van der Waals surface area contributed by atoms with E-state index >= 15 is 0 Å². The van der Waals surface area contributed by atoms with Gasteiger partial charge in [0.25, 0.3) is 5.91 Å². The second-order valence-electron chi connectivity index (χ2n) is 5.05. The van der Waals surface area contributed by atoms with E-state index in [2.05, 4.69) is 10.6 Å². The average molecular weight is 312 g/mol. The monoisotopic (exact) mass is 312 g/mol. The van der Waals surface area contributed by atoms with E-state index in [0.29, 0.717) is 11.3 Å². The highest BCUT2D eigenvalue weighted by Crippen LogP contribution is 2.05. The fourth-order valence-corrected chi connectivity index (χ4v) is 1.96. The molecule has 7 heteroatoms. The van der Waals surface area contributed by atoms with E-state index in [1.165, 1.54) is 12.1 Å². The smallest absolute Gasteiger partial charge is 0.423 e. The van der Waals surface area contributed by atoms with Gasteiger partial charge in [0.2, 0.25) is 5.91 Å². The molecule has 0 heterocycles. The lowest BCUT2D eigenvalue weighted by Crippen LogP contribution is -2.41. The van der Waals surface area contributed by atoms with Crippen molar-refractivity contribution in [2.45, 2.75) is 13.0 Å². The molecule has 0 saturated heterocycles. The molecule has 0 unspecified atom stereocenters. The Hall–Kier alpha value is -2.64. The maximum absolute atomic E-state index is 12.1. The molecular formula is C16H17BN2O4. The average Bonchev–Trinajstić information content (AvgIpc) is 2.55. The number of nitrogens with one attached hydrogen (secondary N) is 2. The highest BCUT2D eigenvalue weighted by molar-refractivity contribution is 6.58. The van der Waals surface area contributed by atoms with Crippen LogP contribution in [-0.2, 0) is 4.79 Å². The lowest BCUT2D eigenvalue weighted by Gasteiger charge is -2.14. The molecule has 6 nitrogen and oxygen atoms in total. The summed E-state index contributed by atoms with van der Waals surface area (Å²) in [5, 5.41) is 23.5. The second kappa shape index (κ2) is 7.57. The van der Waals surface area contributed by atoms with Crippen molar-refractivity contribution in [1.82, 2.24) is 5.32 Å². The van der Waals surface area contributed by atoms with Gasteiger partial charge in [0, 0.05) is 11.3 Å². The molecule has 118 valence electrons. The predicted octanol–water partition coefficient (Wildman–Crippen LogP) is 0.123. The fourth-order valence-electron chi connectivity index (χ4n) is 1.96. The normalized spacial score (nSPS) is 11.4. The van der Waals surface area contributed by atoms with Gasteiger partial charge in [-0.05, 0) is 36.7 Å².